The number of nitrogens with two attached hydrogens (primary N) is 1. The third-order valence-corrected chi connectivity index (χ3v) is 6.30. The Morgan fingerprint density at radius 3 is 2.00 bits per heavy atom. The molecular weight excluding hydrogens is 234 g/mol. The molecule has 0 saturated heterocycles. The Balaban J connectivity index is 1.75. The summed E-state index contributed by atoms with van der Waals surface area (Å²) in [5, 5.41) is 0. The SMILES string of the molecule is CC(N)(c1cncnc1)C12CC3CC(CC(C3)C1)C2. The Kier molecular flexibility index (Phi) is 2.36. The zero-order valence-corrected chi connectivity index (χ0v) is 11.7. The molecule has 5 rings (SSSR count). The summed E-state index contributed by atoms with van der Waals surface area (Å²) in [6.45, 7) is 2.22. The monoisotopic (exact) mass is 257 g/mol. The quantitative estimate of drug-likeness (QED) is 0.886. The van der Waals surface area contributed by atoms with E-state index in [1.54, 1.807) is 6.33 Å². The molecule has 102 valence electrons. The fraction of sp³-hybridized carbons (Fsp3) is 0.750. The van der Waals surface area contributed by atoms with Crippen molar-refractivity contribution in [3.8, 4) is 0 Å². The molecule has 1 atom stereocenters. The van der Waals surface area contributed by atoms with Crippen LogP contribution in [0.5, 0.6) is 0 Å². The molecule has 0 amide bonds. The van der Waals surface area contributed by atoms with Gasteiger partial charge in [-0.2, -0.15) is 0 Å². The van der Waals surface area contributed by atoms with Crippen LogP contribution in [0.2, 0.25) is 0 Å². The summed E-state index contributed by atoms with van der Waals surface area (Å²) in [4.78, 5) is 8.37. The Morgan fingerprint density at radius 1 is 1.05 bits per heavy atom. The summed E-state index contributed by atoms with van der Waals surface area (Å²) < 4.78 is 0. The van der Waals surface area contributed by atoms with Crippen molar-refractivity contribution >= 4 is 0 Å². The second-order valence-corrected chi connectivity index (χ2v) is 7.53. The molecular formula is C16H23N3. The Morgan fingerprint density at radius 2 is 1.53 bits per heavy atom. The second kappa shape index (κ2) is 3.78. The van der Waals surface area contributed by atoms with Crippen LogP contribution in [0.1, 0.15) is 51.0 Å². The van der Waals surface area contributed by atoms with E-state index in [-0.39, 0.29) is 5.54 Å². The molecule has 3 heteroatoms. The minimum absolute atomic E-state index is 0.274. The smallest absolute Gasteiger partial charge is 0.115 e. The highest BCUT2D eigenvalue weighted by atomic mass is 14.9. The molecule has 4 bridgehead atoms. The van der Waals surface area contributed by atoms with E-state index in [0.717, 1.165) is 23.3 Å². The van der Waals surface area contributed by atoms with Gasteiger partial charge in [0.2, 0.25) is 0 Å². The number of nitrogens with zero attached hydrogens (tertiary/aromatic N) is 2. The van der Waals surface area contributed by atoms with Gasteiger partial charge in [0.1, 0.15) is 6.33 Å². The summed E-state index contributed by atoms with van der Waals surface area (Å²) in [5.74, 6) is 2.79. The first-order chi connectivity index (χ1) is 9.09. The first-order valence-electron chi connectivity index (χ1n) is 7.63. The average Bonchev–Trinajstić information content (AvgIpc) is 2.38. The lowest BCUT2D eigenvalue weighted by molar-refractivity contribution is -0.0955. The van der Waals surface area contributed by atoms with Gasteiger partial charge in [0.15, 0.2) is 0 Å². The minimum atomic E-state index is -0.274. The van der Waals surface area contributed by atoms with Gasteiger partial charge >= 0.3 is 0 Å². The zero-order chi connectivity index (χ0) is 13.1. The molecule has 19 heavy (non-hydrogen) atoms. The lowest BCUT2D eigenvalue weighted by atomic mass is 9.44. The lowest BCUT2D eigenvalue weighted by Gasteiger charge is -2.62. The first-order valence-corrected chi connectivity index (χ1v) is 7.63. The third kappa shape index (κ3) is 1.60. The lowest BCUT2D eigenvalue weighted by Crippen LogP contribution is -2.59. The van der Waals surface area contributed by atoms with Crippen molar-refractivity contribution < 1.29 is 0 Å². The number of rotatable bonds is 2. The molecule has 1 aromatic rings. The van der Waals surface area contributed by atoms with E-state index in [1.807, 2.05) is 12.4 Å². The van der Waals surface area contributed by atoms with Crippen LogP contribution < -0.4 is 5.73 Å². The highest BCUT2D eigenvalue weighted by Crippen LogP contribution is 2.64. The van der Waals surface area contributed by atoms with E-state index >= 15 is 0 Å². The summed E-state index contributed by atoms with van der Waals surface area (Å²) in [5.41, 5.74) is 8.00. The number of hydrogen-bond acceptors (Lipinski definition) is 3. The molecule has 1 unspecified atom stereocenters. The fourth-order valence-corrected chi connectivity index (χ4v) is 5.62. The largest absolute Gasteiger partial charge is 0.321 e. The minimum Gasteiger partial charge on any atom is -0.321 e. The highest BCUT2D eigenvalue weighted by molar-refractivity contribution is 5.23. The molecule has 4 fully saturated rings. The van der Waals surface area contributed by atoms with Gasteiger partial charge < -0.3 is 5.73 Å². The molecule has 1 aromatic heterocycles. The maximum atomic E-state index is 6.86. The molecule has 0 spiro atoms. The van der Waals surface area contributed by atoms with Gasteiger partial charge in [-0.3, -0.25) is 0 Å². The van der Waals surface area contributed by atoms with Crippen molar-refractivity contribution in [2.24, 2.45) is 28.9 Å². The molecule has 4 saturated carbocycles. The summed E-state index contributed by atoms with van der Waals surface area (Å²) in [6, 6.07) is 0. The van der Waals surface area contributed by atoms with Gasteiger partial charge in [-0.25, -0.2) is 9.97 Å². The van der Waals surface area contributed by atoms with Crippen molar-refractivity contribution in [3.63, 3.8) is 0 Å². The molecule has 1 heterocycles. The van der Waals surface area contributed by atoms with Gasteiger partial charge in [0.25, 0.3) is 0 Å². The van der Waals surface area contributed by atoms with Crippen molar-refractivity contribution in [1.82, 2.24) is 9.97 Å². The highest BCUT2D eigenvalue weighted by Gasteiger charge is 2.58. The van der Waals surface area contributed by atoms with E-state index in [2.05, 4.69) is 16.9 Å². The molecule has 3 nitrogen and oxygen atoms in total. The van der Waals surface area contributed by atoms with E-state index in [0.29, 0.717) is 5.41 Å². The van der Waals surface area contributed by atoms with E-state index in [9.17, 15) is 0 Å². The summed E-state index contributed by atoms with van der Waals surface area (Å²) in [6.07, 6.45) is 13.8. The van der Waals surface area contributed by atoms with Crippen molar-refractivity contribution in [2.45, 2.75) is 51.0 Å². The molecule has 0 aliphatic heterocycles. The van der Waals surface area contributed by atoms with Gasteiger partial charge in [0.05, 0.1) is 0 Å². The second-order valence-electron chi connectivity index (χ2n) is 7.53. The predicted molar refractivity (Wildman–Crippen MR) is 74.2 cm³/mol. The van der Waals surface area contributed by atoms with Gasteiger partial charge in [-0.1, -0.05) is 0 Å². The third-order valence-electron chi connectivity index (χ3n) is 6.30. The average molecular weight is 257 g/mol. The van der Waals surface area contributed by atoms with Gasteiger partial charge in [-0.05, 0) is 68.6 Å². The zero-order valence-electron chi connectivity index (χ0n) is 11.7. The van der Waals surface area contributed by atoms with Crippen LogP contribution in [0.3, 0.4) is 0 Å². The Bertz CT molecular complexity index is 445. The standard InChI is InChI=1S/C16H23N3/c1-15(17,14-8-18-10-19-9-14)16-5-11-2-12(6-16)4-13(3-11)7-16/h8-13H,2-7,17H2,1H3. The Hall–Kier alpha value is -0.960. The molecule has 0 aromatic carbocycles. The maximum Gasteiger partial charge on any atom is 0.115 e. The van der Waals surface area contributed by atoms with Crippen LogP contribution in [0, 0.1) is 23.2 Å². The maximum absolute atomic E-state index is 6.86. The summed E-state index contributed by atoms with van der Waals surface area (Å²) >= 11 is 0. The fourth-order valence-electron chi connectivity index (χ4n) is 5.62. The normalized spacial score (nSPS) is 43.2. The van der Waals surface area contributed by atoms with E-state index in [1.165, 1.54) is 38.5 Å². The summed E-state index contributed by atoms with van der Waals surface area (Å²) in [7, 11) is 0. The van der Waals surface area contributed by atoms with Crippen LogP contribution in [-0.2, 0) is 5.54 Å². The molecule has 4 aliphatic rings. The molecule has 4 aliphatic carbocycles. The van der Waals surface area contributed by atoms with Crippen molar-refractivity contribution in [1.29, 1.82) is 0 Å². The predicted octanol–water partition coefficient (Wildman–Crippen LogP) is 2.87. The van der Waals surface area contributed by atoms with Crippen LogP contribution in [-0.4, -0.2) is 9.97 Å². The van der Waals surface area contributed by atoms with Crippen LogP contribution in [0.4, 0.5) is 0 Å². The number of hydrogen-bond donors (Lipinski definition) is 1. The van der Waals surface area contributed by atoms with E-state index in [4.69, 9.17) is 5.73 Å². The topological polar surface area (TPSA) is 51.8 Å². The molecule has 2 N–H and O–H groups in total. The number of aromatic nitrogens is 2. The van der Waals surface area contributed by atoms with E-state index < -0.39 is 0 Å². The molecule has 0 radical (unpaired) electrons. The van der Waals surface area contributed by atoms with Crippen LogP contribution >= 0.6 is 0 Å². The van der Waals surface area contributed by atoms with Gasteiger partial charge in [-0.15, -0.1) is 0 Å². The Labute approximate surface area is 115 Å². The van der Waals surface area contributed by atoms with Crippen LogP contribution in [0.15, 0.2) is 18.7 Å². The first kappa shape index (κ1) is 11.8. The van der Waals surface area contributed by atoms with Gasteiger partial charge in [0, 0.05) is 23.5 Å². The van der Waals surface area contributed by atoms with Crippen LogP contribution in [0.25, 0.3) is 0 Å². The van der Waals surface area contributed by atoms with Crippen molar-refractivity contribution in [3.05, 3.63) is 24.3 Å². The van der Waals surface area contributed by atoms with Crippen molar-refractivity contribution in [2.75, 3.05) is 0 Å².